The molecule has 0 spiro atoms. The van der Waals surface area contributed by atoms with E-state index in [1.165, 1.54) is 9.80 Å². The van der Waals surface area contributed by atoms with Crippen molar-refractivity contribution in [1.82, 2.24) is 5.32 Å². The van der Waals surface area contributed by atoms with E-state index in [1.807, 2.05) is 18.2 Å². The molecule has 0 atom stereocenters. The first-order chi connectivity index (χ1) is 19.0. The van der Waals surface area contributed by atoms with Gasteiger partial charge < -0.3 is 29.3 Å². The third-order valence-corrected chi connectivity index (χ3v) is 6.23. The fourth-order valence-corrected chi connectivity index (χ4v) is 4.20. The van der Waals surface area contributed by atoms with Crippen LogP contribution in [-0.4, -0.2) is 62.3 Å². The molecule has 0 radical (unpaired) electrons. The Bertz CT molecular complexity index is 1160. The zero-order valence-electron chi connectivity index (χ0n) is 23.7. The Labute approximate surface area is 235 Å². The van der Waals surface area contributed by atoms with Crippen LogP contribution in [0.4, 0.5) is 16.2 Å². The number of hydrogen-bond acceptors (Lipinski definition) is 7. The first-order valence-electron chi connectivity index (χ1n) is 13.5. The van der Waals surface area contributed by atoms with Gasteiger partial charge in [-0.1, -0.05) is 30.7 Å². The number of carbonyl (C=O) groups excluding carboxylic acids is 4. The summed E-state index contributed by atoms with van der Waals surface area (Å²) in [6.45, 7) is 4.19. The third-order valence-electron chi connectivity index (χ3n) is 6.23. The van der Waals surface area contributed by atoms with Gasteiger partial charge in [0.15, 0.2) is 6.61 Å². The van der Waals surface area contributed by atoms with Crippen LogP contribution < -0.4 is 19.9 Å². The Kier molecular flexibility index (Phi) is 10.9. The molecule has 1 N–H and O–H groups in total. The van der Waals surface area contributed by atoms with E-state index in [2.05, 4.69) is 5.32 Å². The van der Waals surface area contributed by atoms with Gasteiger partial charge in [0.05, 0.1) is 0 Å². The number of amides is 3. The van der Waals surface area contributed by atoms with Crippen LogP contribution in [0.2, 0.25) is 0 Å². The van der Waals surface area contributed by atoms with Crippen molar-refractivity contribution in [3.05, 3.63) is 54.6 Å². The molecule has 3 amide bonds. The second kappa shape index (κ2) is 14.3. The molecule has 10 nitrogen and oxygen atoms in total. The lowest BCUT2D eigenvalue weighted by Gasteiger charge is -2.26. The van der Waals surface area contributed by atoms with Crippen LogP contribution in [0.25, 0.3) is 0 Å². The summed E-state index contributed by atoms with van der Waals surface area (Å²) in [5, 5.41) is 2.45. The van der Waals surface area contributed by atoms with E-state index in [4.69, 9.17) is 14.2 Å². The van der Waals surface area contributed by atoms with Crippen LogP contribution in [0, 0.1) is 0 Å². The van der Waals surface area contributed by atoms with E-state index < -0.39 is 30.1 Å². The molecule has 0 bridgehead atoms. The van der Waals surface area contributed by atoms with Gasteiger partial charge in [-0.3, -0.25) is 9.59 Å². The van der Waals surface area contributed by atoms with Gasteiger partial charge in [0.1, 0.15) is 30.5 Å². The van der Waals surface area contributed by atoms with Gasteiger partial charge in [0, 0.05) is 24.5 Å². The predicted octanol–water partition coefficient (Wildman–Crippen LogP) is 4.46. The molecule has 10 heteroatoms. The number of rotatable bonds is 10. The summed E-state index contributed by atoms with van der Waals surface area (Å²) in [6, 6.07) is 15.6. The van der Waals surface area contributed by atoms with Crippen molar-refractivity contribution in [3.8, 4) is 5.75 Å². The summed E-state index contributed by atoms with van der Waals surface area (Å²) in [5.41, 5.74) is 0.301. The molecule has 0 aliphatic heterocycles. The summed E-state index contributed by atoms with van der Waals surface area (Å²) in [5.74, 6) is -1.000. The van der Waals surface area contributed by atoms with Crippen molar-refractivity contribution in [1.29, 1.82) is 0 Å². The van der Waals surface area contributed by atoms with E-state index in [-0.39, 0.29) is 25.2 Å². The lowest BCUT2D eigenvalue weighted by molar-refractivity contribution is -0.152. The largest absolute Gasteiger partial charge is 0.482 e. The average molecular weight is 554 g/mol. The number of benzene rings is 2. The van der Waals surface area contributed by atoms with E-state index in [0.717, 1.165) is 32.1 Å². The molecule has 0 saturated heterocycles. The molecule has 1 aliphatic rings. The summed E-state index contributed by atoms with van der Waals surface area (Å²) < 4.78 is 16.4. The smallest absolute Gasteiger partial charge is 0.408 e. The van der Waals surface area contributed by atoms with Crippen molar-refractivity contribution in [3.63, 3.8) is 0 Å². The Hall–Kier alpha value is -4.08. The summed E-state index contributed by atoms with van der Waals surface area (Å²) in [6.07, 6.45) is 4.15. The van der Waals surface area contributed by atoms with Crippen LogP contribution in [0.15, 0.2) is 54.6 Å². The minimum atomic E-state index is -0.748. The lowest BCUT2D eigenvalue weighted by Crippen LogP contribution is -2.46. The predicted molar refractivity (Wildman–Crippen MR) is 151 cm³/mol. The minimum Gasteiger partial charge on any atom is -0.482 e. The number of carbonyl (C=O) groups is 4. The fourth-order valence-electron chi connectivity index (χ4n) is 4.20. The molecule has 0 unspecified atom stereocenters. The molecule has 1 saturated carbocycles. The van der Waals surface area contributed by atoms with Crippen LogP contribution in [0.1, 0.15) is 52.9 Å². The number of hydrogen-bond donors (Lipinski definition) is 1. The number of nitrogens with one attached hydrogen (secondary N) is 1. The molecule has 0 heterocycles. The molecule has 0 aromatic heterocycles. The van der Waals surface area contributed by atoms with Crippen molar-refractivity contribution >= 4 is 35.3 Å². The van der Waals surface area contributed by atoms with E-state index in [9.17, 15) is 19.2 Å². The van der Waals surface area contributed by atoms with Crippen LogP contribution in [0.3, 0.4) is 0 Å². The normalized spacial score (nSPS) is 13.6. The average Bonchev–Trinajstić information content (AvgIpc) is 2.93. The fraction of sp³-hybridized carbons (Fsp3) is 0.467. The van der Waals surface area contributed by atoms with Crippen LogP contribution in [0.5, 0.6) is 5.75 Å². The lowest BCUT2D eigenvalue weighted by atomic mass is 9.98. The maximum Gasteiger partial charge on any atom is 0.408 e. The number of alkyl carbamates (subject to hydrolysis) is 1. The maximum atomic E-state index is 13.3. The molecule has 1 aliphatic carbocycles. The van der Waals surface area contributed by atoms with Gasteiger partial charge in [-0.05, 0) is 70.7 Å². The Morgan fingerprint density at radius 2 is 1.57 bits per heavy atom. The van der Waals surface area contributed by atoms with E-state index in [0.29, 0.717) is 17.1 Å². The SMILES string of the molecule is CN(C(=O)CN(C(=O)CNC(=O)OC(C)(C)C)c1cccc(OCC(=O)OC2CCCCC2)c1)c1ccccc1. The highest BCUT2D eigenvalue weighted by atomic mass is 16.6. The summed E-state index contributed by atoms with van der Waals surface area (Å²) >= 11 is 0. The first-order valence-corrected chi connectivity index (χ1v) is 13.5. The third kappa shape index (κ3) is 9.91. The number of likely N-dealkylation sites (N-methyl/N-ethyl adjacent to an activating group) is 1. The highest BCUT2D eigenvalue weighted by molar-refractivity contribution is 6.04. The van der Waals surface area contributed by atoms with Gasteiger partial charge in [0.25, 0.3) is 0 Å². The van der Waals surface area contributed by atoms with Gasteiger partial charge in [-0.15, -0.1) is 0 Å². The molecule has 40 heavy (non-hydrogen) atoms. The molecule has 216 valence electrons. The number of ether oxygens (including phenoxy) is 3. The second-order valence-electron chi connectivity index (χ2n) is 10.7. The van der Waals surface area contributed by atoms with Crippen molar-refractivity contribution in [2.24, 2.45) is 0 Å². The quantitative estimate of drug-likeness (QED) is 0.432. The molecular formula is C30H39N3O7. The Balaban J connectivity index is 1.71. The summed E-state index contributed by atoms with van der Waals surface area (Å²) in [4.78, 5) is 53.6. The van der Waals surface area contributed by atoms with Crippen molar-refractivity contribution in [2.45, 2.75) is 64.6 Å². The van der Waals surface area contributed by atoms with Crippen LogP contribution >= 0.6 is 0 Å². The monoisotopic (exact) mass is 553 g/mol. The number of anilines is 2. The Morgan fingerprint density at radius 1 is 0.900 bits per heavy atom. The van der Waals surface area contributed by atoms with Gasteiger partial charge in [-0.25, -0.2) is 9.59 Å². The highest BCUT2D eigenvalue weighted by Crippen LogP contribution is 2.24. The molecule has 1 fully saturated rings. The molecule has 3 rings (SSSR count). The zero-order chi connectivity index (χ0) is 29.1. The molecule has 2 aromatic carbocycles. The first kappa shape index (κ1) is 30.5. The number of esters is 1. The molecular weight excluding hydrogens is 514 g/mol. The van der Waals surface area contributed by atoms with Gasteiger partial charge in [-0.2, -0.15) is 0 Å². The summed E-state index contributed by atoms with van der Waals surface area (Å²) in [7, 11) is 1.62. The van der Waals surface area contributed by atoms with Crippen LogP contribution in [-0.2, 0) is 23.9 Å². The van der Waals surface area contributed by atoms with E-state index >= 15 is 0 Å². The van der Waals surface area contributed by atoms with Gasteiger partial charge in [0.2, 0.25) is 11.8 Å². The van der Waals surface area contributed by atoms with Crippen molar-refractivity contribution < 1.29 is 33.4 Å². The van der Waals surface area contributed by atoms with E-state index in [1.54, 1.807) is 64.2 Å². The minimum absolute atomic E-state index is 0.0746. The van der Waals surface area contributed by atoms with Gasteiger partial charge >= 0.3 is 12.1 Å². The maximum absolute atomic E-state index is 13.3. The molecule has 2 aromatic rings. The number of nitrogens with zero attached hydrogens (tertiary/aromatic N) is 2. The number of para-hydroxylation sites is 1. The van der Waals surface area contributed by atoms with Crippen molar-refractivity contribution in [2.75, 3.05) is 36.5 Å². The Morgan fingerprint density at radius 3 is 2.25 bits per heavy atom. The topological polar surface area (TPSA) is 114 Å². The highest BCUT2D eigenvalue weighted by Gasteiger charge is 2.24. The standard InChI is InChI=1S/C30H39N3O7/c1-30(2,3)40-29(37)31-19-26(34)33(20-27(35)32(4)22-12-7-5-8-13-22)23-14-11-17-25(18-23)38-21-28(36)39-24-15-9-6-10-16-24/h5,7-8,11-14,17-18,24H,6,9-10,15-16,19-21H2,1-4H3,(H,31,37). The zero-order valence-corrected chi connectivity index (χ0v) is 23.7. The second-order valence-corrected chi connectivity index (χ2v) is 10.7.